The molecule has 0 aliphatic carbocycles. The minimum atomic E-state index is -0.386. The zero-order valence-electron chi connectivity index (χ0n) is 11.0. The van der Waals surface area contributed by atoms with Crippen LogP contribution in [0.5, 0.6) is 0 Å². The van der Waals surface area contributed by atoms with Crippen molar-refractivity contribution in [3.05, 3.63) is 55.0 Å². The molecule has 0 aromatic heterocycles. The first kappa shape index (κ1) is 13.6. The third-order valence-corrected chi connectivity index (χ3v) is 3.16. The first-order valence-electron chi connectivity index (χ1n) is 6.41. The van der Waals surface area contributed by atoms with Gasteiger partial charge in [0, 0.05) is 11.6 Å². The molecule has 2 atom stereocenters. The first-order chi connectivity index (χ1) is 9.27. The molecule has 0 heterocycles. The largest absolute Gasteiger partial charge is 0.458 e. The third kappa shape index (κ3) is 2.93. The second-order valence-corrected chi connectivity index (χ2v) is 4.39. The van der Waals surface area contributed by atoms with Crippen molar-refractivity contribution in [1.82, 2.24) is 5.32 Å². The van der Waals surface area contributed by atoms with E-state index in [1.807, 2.05) is 49.4 Å². The smallest absolute Gasteiger partial charge is 0.293 e. The summed E-state index contributed by atoms with van der Waals surface area (Å²) in [5.74, 6) is 0. The second kappa shape index (κ2) is 6.34. The Labute approximate surface area is 113 Å². The molecule has 0 aliphatic rings. The van der Waals surface area contributed by atoms with E-state index in [9.17, 15) is 4.79 Å². The summed E-state index contributed by atoms with van der Waals surface area (Å²) < 4.78 is 5.24. The van der Waals surface area contributed by atoms with Crippen molar-refractivity contribution in [3.63, 3.8) is 0 Å². The van der Waals surface area contributed by atoms with E-state index in [-0.39, 0.29) is 12.1 Å². The number of carbonyl (C=O) groups excluding carboxylic acids is 1. The molecule has 1 radical (unpaired) electrons. The van der Waals surface area contributed by atoms with Crippen LogP contribution < -0.4 is 5.32 Å². The summed E-state index contributed by atoms with van der Waals surface area (Å²) in [5, 5.41) is 5.41. The van der Waals surface area contributed by atoms with Crippen LogP contribution in [0.15, 0.2) is 42.5 Å². The van der Waals surface area contributed by atoms with Gasteiger partial charge >= 0.3 is 0 Å². The van der Waals surface area contributed by atoms with Crippen LogP contribution in [0.4, 0.5) is 0 Å². The van der Waals surface area contributed by atoms with E-state index in [4.69, 9.17) is 4.74 Å². The van der Waals surface area contributed by atoms with Gasteiger partial charge in [0.15, 0.2) is 0 Å². The van der Waals surface area contributed by atoms with Gasteiger partial charge in [0.2, 0.25) is 0 Å². The first-order valence-corrected chi connectivity index (χ1v) is 6.41. The Morgan fingerprint density at radius 3 is 2.74 bits per heavy atom. The molecule has 0 bridgehead atoms. The molecular weight excluding hydrogens is 238 g/mol. The number of fused-ring (bicyclic) bond motifs is 1. The molecule has 2 rings (SSSR count). The normalized spacial score (nSPS) is 14.0. The van der Waals surface area contributed by atoms with Gasteiger partial charge in [-0.1, -0.05) is 49.4 Å². The van der Waals surface area contributed by atoms with Crippen molar-refractivity contribution in [2.24, 2.45) is 0 Å². The average Bonchev–Trinajstić information content (AvgIpc) is 2.44. The standard InChI is InChI=1S/C16H18NO2/c1-3-17-12(2)16(19-11-18)15-10-6-8-13-7-4-5-9-14(13)15/h4-12,16-17H,2-3H2,1H3. The molecular formula is C16H18NO2. The highest BCUT2D eigenvalue weighted by molar-refractivity contribution is 5.86. The number of benzene rings is 2. The average molecular weight is 256 g/mol. The molecule has 1 N–H and O–H groups in total. The van der Waals surface area contributed by atoms with Gasteiger partial charge in [0.25, 0.3) is 6.47 Å². The Kier molecular flexibility index (Phi) is 4.53. The molecule has 0 amide bonds. The van der Waals surface area contributed by atoms with Crippen LogP contribution in [0.2, 0.25) is 0 Å². The zero-order chi connectivity index (χ0) is 13.7. The Hall–Kier alpha value is -1.87. The fourth-order valence-corrected chi connectivity index (χ4v) is 2.31. The van der Waals surface area contributed by atoms with Crippen molar-refractivity contribution in [3.8, 4) is 0 Å². The second-order valence-electron chi connectivity index (χ2n) is 4.39. The van der Waals surface area contributed by atoms with Crippen LogP contribution in [0, 0.1) is 6.92 Å². The number of hydrogen-bond donors (Lipinski definition) is 1. The molecule has 3 nitrogen and oxygen atoms in total. The fourth-order valence-electron chi connectivity index (χ4n) is 2.31. The highest BCUT2D eigenvalue weighted by Gasteiger charge is 2.21. The van der Waals surface area contributed by atoms with Gasteiger partial charge in [-0.25, -0.2) is 0 Å². The van der Waals surface area contributed by atoms with Crippen LogP contribution in [-0.4, -0.2) is 19.1 Å². The molecule has 19 heavy (non-hydrogen) atoms. The molecule has 0 saturated heterocycles. The maximum absolute atomic E-state index is 10.8. The number of rotatable bonds is 6. The van der Waals surface area contributed by atoms with Crippen LogP contribution in [0.3, 0.4) is 0 Å². The maximum Gasteiger partial charge on any atom is 0.293 e. The quantitative estimate of drug-likeness (QED) is 0.808. The van der Waals surface area contributed by atoms with E-state index in [1.54, 1.807) is 0 Å². The molecule has 0 fully saturated rings. The Balaban J connectivity index is 2.46. The lowest BCUT2D eigenvalue weighted by Gasteiger charge is -2.24. The molecule has 2 aromatic carbocycles. The van der Waals surface area contributed by atoms with Gasteiger partial charge in [-0.15, -0.1) is 0 Å². The number of hydrogen-bond acceptors (Lipinski definition) is 3. The van der Waals surface area contributed by atoms with Crippen LogP contribution in [0.1, 0.15) is 18.6 Å². The predicted molar refractivity (Wildman–Crippen MR) is 76.7 cm³/mol. The lowest BCUT2D eigenvalue weighted by atomic mass is 9.96. The molecule has 99 valence electrons. The van der Waals surface area contributed by atoms with E-state index in [0.29, 0.717) is 6.47 Å². The number of likely N-dealkylation sites (N-methyl/N-ethyl adjacent to an activating group) is 1. The summed E-state index contributed by atoms with van der Waals surface area (Å²) in [5.41, 5.74) is 0.978. The molecule has 0 aliphatic heterocycles. The molecule has 0 saturated carbocycles. The molecule has 3 heteroatoms. The van der Waals surface area contributed by atoms with Gasteiger partial charge in [-0.05, 0) is 24.2 Å². The summed E-state index contributed by atoms with van der Waals surface area (Å²) in [6.07, 6.45) is -0.386. The Morgan fingerprint density at radius 1 is 1.26 bits per heavy atom. The summed E-state index contributed by atoms with van der Waals surface area (Å²) in [6, 6.07) is 13.9. The summed E-state index contributed by atoms with van der Waals surface area (Å²) >= 11 is 0. The van der Waals surface area contributed by atoms with Gasteiger partial charge in [0.1, 0.15) is 6.10 Å². The van der Waals surface area contributed by atoms with Crippen molar-refractivity contribution in [2.45, 2.75) is 19.1 Å². The lowest BCUT2D eigenvalue weighted by Crippen LogP contribution is -2.33. The van der Waals surface area contributed by atoms with Crippen LogP contribution >= 0.6 is 0 Å². The van der Waals surface area contributed by atoms with E-state index in [0.717, 1.165) is 22.9 Å². The van der Waals surface area contributed by atoms with Crippen LogP contribution in [0.25, 0.3) is 10.8 Å². The highest BCUT2D eigenvalue weighted by Crippen LogP contribution is 2.28. The number of nitrogens with one attached hydrogen (secondary N) is 1. The summed E-state index contributed by atoms with van der Waals surface area (Å²) in [6.45, 7) is 7.30. The van der Waals surface area contributed by atoms with E-state index < -0.39 is 0 Å². The monoisotopic (exact) mass is 256 g/mol. The van der Waals surface area contributed by atoms with E-state index >= 15 is 0 Å². The minimum absolute atomic E-state index is 0.180. The summed E-state index contributed by atoms with van der Waals surface area (Å²) in [7, 11) is 0. The Morgan fingerprint density at radius 2 is 2.00 bits per heavy atom. The lowest BCUT2D eigenvalue weighted by molar-refractivity contribution is -0.134. The van der Waals surface area contributed by atoms with Gasteiger partial charge in [0.05, 0.1) is 0 Å². The molecule has 2 unspecified atom stereocenters. The van der Waals surface area contributed by atoms with Crippen molar-refractivity contribution < 1.29 is 9.53 Å². The Bertz CT molecular complexity index is 548. The SMILES string of the molecule is [CH2]C(NCC)C(OC=O)c1cccc2ccccc12. The highest BCUT2D eigenvalue weighted by atomic mass is 16.5. The van der Waals surface area contributed by atoms with Crippen molar-refractivity contribution in [1.29, 1.82) is 0 Å². The topological polar surface area (TPSA) is 38.3 Å². The molecule has 0 spiro atoms. The number of carbonyl (C=O) groups is 1. The van der Waals surface area contributed by atoms with Crippen molar-refractivity contribution in [2.75, 3.05) is 6.54 Å². The third-order valence-electron chi connectivity index (χ3n) is 3.16. The van der Waals surface area contributed by atoms with Crippen LogP contribution in [-0.2, 0) is 9.53 Å². The summed E-state index contributed by atoms with van der Waals surface area (Å²) in [4.78, 5) is 10.8. The fraction of sp³-hybridized carbons (Fsp3) is 0.250. The predicted octanol–water partition coefficient (Wildman–Crippen LogP) is 2.87. The van der Waals surface area contributed by atoms with Gasteiger partial charge in [-0.2, -0.15) is 0 Å². The minimum Gasteiger partial charge on any atom is -0.458 e. The van der Waals surface area contributed by atoms with Gasteiger partial charge < -0.3 is 10.1 Å². The molecule has 2 aromatic rings. The van der Waals surface area contributed by atoms with Crippen molar-refractivity contribution >= 4 is 17.2 Å². The van der Waals surface area contributed by atoms with Gasteiger partial charge in [-0.3, -0.25) is 4.79 Å². The van der Waals surface area contributed by atoms with E-state index in [2.05, 4.69) is 12.2 Å². The number of ether oxygens (including phenoxy) is 1. The maximum atomic E-state index is 10.8. The van der Waals surface area contributed by atoms with E-state index in [1.165, 1.54) is 0 Å². The zero-order valence-corrected chi connectivity index (χ0v) is 11.0.